The average Bonchev–Trinajstić information content (AvgIpc) is 2.36. The van der Waals surface area contributed by atoms with E-state index in [4.69, 9.17) is 21.9 Å². The van der Waals surface area contributed by atoms with Gasteiger partial charge in [-0.05, 0) is 18.5 Å². The Labute approximate surface area is 109 Å². The number of aliphatic hydroxyl groups excluding tert-OH is 1. The molecule has 18 heavy (non-hydrogen) atoms. The topological polar surface area (TPSA) is 95.3 Å². The number of rotatable bonds is 5. The molecule has 1 N–H and O–H groups in total. The van der Waals surface area contributed by atoms with Crippen LogP contribution in [-0.2, 0) is 9.53 Å². The zero-order valence-electron chi connectivity index (χ0n) is 9.65. The lowest BCUT2D eigenvalue weighted by molar-refractivity contribution is -0.147. The van der Waals surface area contributed by atoms with Crippen LogP contribution in [0.25, 0.3) is 10.4 Å². The highest BCUT2D eigenvalue weighted by Gasteiger charge is 2.29. The minimum atomic E-state index is -1.35. The molecule has 0 fully saturated rings. The van der Waals surface area contributed by atoms with E-state index in [9.17, 15) is 9.90 Å². The van der Waals surface area contributed by atoms with Gasteiger partial charge < -0.3 is 9.84 Å². The highest BCUT2D eigenvalue weighted by Crippen LogP contribution is 2.27. The summed E-state index contributed by atoms with van der Waals surface area (Å²) in [5.74, 6) is -0.789. The Morgan fingerprint density at radius 3 is 2.83 bits per heavy atom. The molecule has 0 aromatic heterocycles. The van der Waals surface area contributed by atoms with Crippen LogP contribution >= 0.6 is 11.6 Å². The van der Waals surface area contributed by atoms with Gasteiger partial charge in [-0.3, -0.25) is 4.79 Å². The molecule has 96 valence electrons. The van der Waals surface area contributed by atoms with Crippen LogP contribution in [0.4, 0.5) is 0 Å². The van der Waals surface area contributed by atoms with Crippen LogP contribution < -0.4 is 0 Å². The van der Waals surface area contributed by atoms with Gasteiger partial charge in [0.05, 0.1) is 12.7 Å². The first-order valence-corrected chi connectivity index (χ1v) is 5.63. The molecule has 0 heterocycles. The number of aliphatic hydroxyl groups is 1. The van der Waals surface area contributed by atoms with Crippen LogP contribution in [0, 0.1) is 0 Å². The predicted molar refractivity (Wildman–Crippen MR) is 66.0 cm³/mol. The fourth-order valence-corrected chi connectivity index (χ4v) is 1.66. The zero-order chi connectivity index (χ0) is 13.5. The van der Waals surface area contributed by atoms with Gasteiger partial charge in [0.2, 0.25) is 0 Å². The number of ether oxygens (including phenoxy) is 1. The van der Waals surface area contributed by atoms with Crippen molar-refractivity contribution in [3.8, 4) is 0 Å². The highest BCUT2D eigenvalue weighted by atomic mass is 35.5. The first-order chi connectivity index (χ1) is 8.61. The Bertz CT molecular complexity index is 474. The van der Waals surface area contributed by atoms with E-state index < -0.39 is 18.1 Å². The number of nitrogens with zero attached hydrogens (tertiary/aromatic N) is 3. The molecule has 0 aliphatic heterocycles. The lowest BCUT2D eigenvalue weighted by Crippen LogP contribution is -2.28. The van der Waals surface area contributed by atoms with E-state index in [1.165, 1.54) is 0 Å². The van der Waals surface area contributed by atoms with Crippen molar-refractivity contribution in [2.75, 3.05) is 6.61 Å². The first kappa shape index (κ1) is 14.3. The van der Waals surface area contributed by atoms with Gasteiger partial charge in [0.15, 0.2) is 6.04 Å². The summed E-state index contributed by atoms with van der Waals surface area (Å²) >= 11 is 5.90. The molecule has 1 rings (SSSR count). The smallest absolute Gasteiger partial charge is 0.317 e. The second-order valence-electron chi connectivity index (χ2n) is 3.37. The lowest BCUT2D eigenvalue weighted by atomic mass is 10.0. The Balaban J connectivity index is 3.03. The van der Waals surface area contributed by atoms with E-state index in [1.807, 2.05) is 0 Å². The summed E-state index contributed by atoms with van der Waals surface area (Å²) in [6.07, 6.45) is -1.34. The van der Waals surface area contributed by atoms with Crippen molar-refractivity contribution in [2.24, 2.45) is 5.11 Å². The molecule has 2 atom stereocenters. The zero-order valence-corrected chi connectivity index (χ0v) is 10.4. The maximum absolute atomic E-state index is 11.6. The Morgan fingerprint density at radius 1 is 1.61 bits per heavy atom. The molecule has 1 aromatic carbocycles. The third-order valence-corrected chi connectivity index (χ3v) is 2.57. The molecule has 0 bridgehead atoms. The summed E-state index contributed by atoms with van der Waals surface area (Å²) in [6, 6.07) is 5.11. The Hall–Kier alpha value is -1.75. The molecule has 0 spiro atoms. The molecule has 7 heteroatoms. The summed E-state index contributed by atoms with van der Waals surface area (Å²) in [4.78, 5) is 14.1. The summed E-state index contributed by atoms with van der Waals surface area (Å²) in [7, 11) is 0. The van der Waals surface area contributed by atoms with Crippen LogP contribution in [0.1, 0.15) is 18.6 Å². The molecule has 0 unspecified atom stereocenters. The fourth-order valence-electron chi connectivity index (χ4n) is 1.41. The minimum Gasteiger partial charge on any atom is -0.466 e. The van der Waals surface area contributed by atoms with Crippen molar-refractivity contribution in [1.29, 1.82) is 0 Å². The average molecular weight is 270 g/mol. The molecule has 0 saturated carbocycles. The van der Waals surface area contributed by atoms with Crippen molar-refractivity contribution >= 4 is 17.6 Å². The minimum absolute atomic E-state index is 0.130. The van der Waals surface area contributed by atoms with E-state index >= 15 is 0 Å². The fraction of sp³-hybridized carbons (Fsp3) is 0.364. The summed E-state index contributed by atoms with van der Waals surface area (Å²) in [5, 5.41) is 13.6. The quantitative estimate of drug-likeness (QED) is 0.385. The van der Waals surface area contributed by atoms with Crippen LogP contribution in [0.3, 0.4) is 0 Å². The Kier molecular flexibility index (Phi) is 5.45. The van der Waals surface area contributed by atoms with Crippen molar-refractivity contribution in [1.82, 2.24) is 0 Å². The molecule has 0 aliphatic rings. The number of carbonyl (C=O) groups excluding carboxylic acids is 1. The van der Waals surface area contributed by atoms with E-state index in [1.54, 1.807) is 31.2 Å². The number of azide groups is 1. The number of halogens is 1. The molecular formula is C11H12ClN3O3. The highest BCUT2D eigenvalue weighted by molar-refractivity contribution is 6.31. The monoisotopic (exact) mass is 269 g/mol. The van der Waals surface area contributed by atoms with Crippen LogP contribution in [0.15, 0.2) is 29.4 Å². The number of carbonyl (C=O) groups is 1. The van der Waals surface area contributed by atoms with E-state index in [2.05, 4.69) is 10.0 Å². The third-order valence-electron chi connectivity index (χ3n) is 2.23. The first-order valence-electron chi connectivity index (χ1n) is 5.25. The van der Waals surface area contributed by atoms with Crippen molar-refractivity contribution < 1.29 is 14.6 Å². The molecule has 0 radical (unpaired) electrons. The van der Waals surface area contributed by atoms with Gasteiger partial charge in [0.25, 0.3) is 0 Å². The molecule has 0 amide bonds. The van der Waals surface area contributed by atoms with Gasteiger partial charge in [-0.15, -0.1) is 0 Å². The largest absolute Gasteiger partial charge is 0.466 e. The van der Waals surface area contributed by atoms with Crippen LogP contribution in [0.2, 0.25) is 5.02 Å². The van der Waals surface area contributed by atoms with E-state index in [-0.39, 0.29) is 11.6 Å². The molecule has 6 nitrogen and oxygen atoms in total. The standard InChI is InChI=1S/C11H12ClN3O3/c1-2-18-11(17)9(14-15-13)10(16)7-5-3-4-6-8(7)12/h3-6,9-10,16H,2H2,1H3/t9-,10+/m1/s1. The number of hydrogen-bond acceptors (Lipinski definition) is 4. The van der Waals surface area contributed by atoms with Gasteiger partial charge in [0, 0.05) is 15.5 Å². The van der Waals surface area contributed by atoms with Crippen LogP contribution in [0.5, 0.6) is 0 Å². The van der Waals surface area contributed by atoms with Gasteiger partial charge in [-0.2, -0.15) is 0 Å². The molecule has 0 saturated heterocycles. The second-order valence-corrected chi connectivity index (χ2v) is 3.78. The predicted octanol–water partition coefficient (Wildman–Crippen LogP) is 2.62. The van der Waals surface area contributed by atoms with Gasteiger partial charge in [0.1, 0.15) is 0 Å². The normalized spacial score (nSPS) is 13.3. The number of hydrogen-bond donors (Lipinski definition) is 1. The second kappa shape index (κ2) is 6.86. The summed E-state index contributed by atoms with van der Waals surface area (Å²) < 4.78 is 4.73. The van der Waals surface area contributed by atoms with Gasteiger partial charge in [-0.25, -0.2) is 0 Å². The maximum atomic E-state index is 11.6. The van der Waals surface area contributed by atoms with Crippen molar-refractivity contribution in [2.45, 2.75) is 19.1 Å². The van der Waals surface area contributed by atoms with E-state index in [0.29, 0.717) is 5.56 Å². The molecule has 1 aromatic rings. The maximum Gasteiger partial charge on any atom is 0.317 e. The Morgan fingerprint density at radius 2 is 2.28 bits per heavy atom. The molecular weight excluding hydrogens is 258 g/mol. The van der Waals surface area contributed by atoms with E-state index in [0.717, 1.165) is 0 Å². The lowest BCUT2D eigenvalue weighted by Gasteiger charge is -2.18. The third kappa shape index (κ3) is 3.37. The van der Waals surface area contributed by atoms with Gasteiger partial charge in [-0.1, -0.05) is 34.9 Å². The van der Waals surface area contributed by atoms with Crippen molar-refractivity contribution in [3.05, 3.63) is 45.3 Å². The SMILES string of the molecule is CCOC(=O)[C@H](N=[N+]=[N-])[C@@H](O)c1ccccc1Cl. The molecule has 0 aliphatic carbocycles. The summed E-state index contributed by atoms with van der Waals surface area (Å²) in [6.45, 7) is 1.75. The van der Waals surface area contributed by atoms with Crippen molar-refractivity contribution in [3.63, 3.8) is 0 Å². The number of esters is 1. The van der Waals surface area contributed by atoms with Crippen LogP contribution in [-0.4, -0.2) is 23.7 Å². The summed E-state index contributed by atoms with van der Waals surface area (Å²) in [5.41, 5.74) is 8.74. The number of benzene rings is 1. The van der Waals surface area contributed by atoms with Gasteiger partial charge >= 0.3 is 5.97 Å².